The molecule has 0 aliphatic rings. The van der Waals surface area contributed by atoms with Crippen LogP contribution in [0.4, 0.5) is 0 Å². The van der Waals surface area contributed by atoms with Crippen molar-refractivity contribution in [3.63, 3.8) is 0 Å². The SMILES string of the molecule is C.CC.CC.Cc1cccc(C(C)C)c1. The minimum Gasteiger partial charge on any atom is -0.0776 e. The van der Waals surface area contributed by atoms with Crippen molar-refractivity contribution in [1.82, 2.24) is 0 Å². The summed E-state index contributed by atoms with van der Waals surface area (Å²) in [5, 5.41) is 0. The van der Waals surface area contributed by atoms with Crippen LogP contribution in [0.5, 0.6) is 0 Å². The summed E-state index contributed by atoms with van der Waals surface area (Å²) in [4.78, 5) is 0. The van der Waals surface area contributed by atoms with Gasteiger partial charge in [-0.3, -0.25) is 0 Å². The number of aryl methyl sites for hydroxylation is 1. The maximum absolute atomic E-state index is 2.24. The van der Waals surface area contributed by atoms with Crippen LogP contribution in [-0.4, -0.2) is 0 Å². The zero-order valence-corrected chi connectivity index (χ0v) is 10.9. The lowest BCUT2D eigenvalue weighted by molar-refractivity contribution is 0.865. The van der Waals surface area contributed by atoms with Crippen molar-refractivity contribution in [2.24, 2.45) is 0 Å². The zero-order valence-electron chi connectivity index (χ0n) is 10.9. The third kappa shape index (κ3) is 9.52. The van der Waals surface area contributed by atoms with Gasteiger partial charge in [0, 0.05) is 0 Å². The first-order valence-corrected chi connectivity index (χ1v) is 5.76. The number of benzene rings is 1. The molecule has 1 aromatic rings. The Labute approximate surface area is 97.7 Å². The van der Waals surface area contributed by atoms with Gasteiger partial charge in [-0.1, -0.05) is 78.8 Å². The summed E-state index contributed by atoms with van der Waals surface area (Å²) in [6, 6.07) is 8.67. The molecule has 0 bridgehead atoms. The molecule has 0 unspecified atom stereocenters. The summed E-state index contributed by atoms with van der Waals surface area (Å²) in [5.41, 5.74) is 2.78. The van der Waals surface area contributed by atoms with Crippen LogP contribution in [0.3, 0.4) is 0 Å². The number of hydrogen-bond donors (Lipinski definition) is 0. The fourth-order valence-electron chi connectivity index (χ4n) is 1.03. The van der Waals surface area contributed by atoms with Gasteiger partial charge in [0.15, 0.2) is 0 Å². The summed E-state index contributed by atoms with van der Waals surface area (Å²) in [5.74, 6) is 0.653. The Morgan fingerprint density at radius 1 is 0.933 bits per heavy atom. The molecule has 0 aliphatic carbocycles. The van der Waals surface area contributed by atoms with E-state index in [9.17, 15) is 0 Å². The molecule has 1 aromatic carbocycles. The van der Waals surface area contributed by atoms with Gasteiger partial charge < -0.3 is 0 Å². The highest BCUT2D eigenvalue weighted by molar-refractivity contribution is 5.24. The van der Waals surface area contributed by atoms with Crippen molar-refractivity contribution in [2.45, 2.75) is 61.8 Å². The first-order chi connectivity index (χ1) is 6.70. The maximum Gasteiger partial charge on any atom is -0.0219 e. The average Bonchev–Trinajstić information content (AvgIpc) is 2.24. The van der Waals surface area contributed by atoms with Gasteiger partial charge in [-0.2, -0.15) is 0 Å². The number of hydrogen-bond acceptors (Lipinski definition) is 0. The minimum absolute atomic E-state index is 0. The third-order valence-electron chi connectivity index (χ3n) is 1.71. The summed E-state index contributed by atoms with van der Waals surface area (Å²) in [6.07, 6.45) is 0. The van der Waals surface area contributed by atoms with Crippen LogP contribution in [-0.2, 0) is 0 Å². The van der Waals surface area contributed by atoms with Crippen LogP contribution in [0, 0.1) is 6.92 Å². The molecule has 0 amide bonds. The van der Waals surface area contributed by atoms with Crippen molar-refractivity contribution < 1.29 is 0 Å². The molecule has 0 nitrogen and oxygen atoms in total. The van der Waals surface area contributed by atoms with E-state index in [4.69, 9.17) is 0 Å². The van der Waals surface area contributed by atoms with Gasteiger partial charge in [-0.25, -0.2) is 0 Å². The topological polar surface area (TPSA) is 0 Å². The van der Waals surface area contributed by atoms with Crippen LogP contribution in [0.15, 0.2) is 24.3 Å². The molecule has 0 atom stereocenters. The van der Waals surface area contributed by atoms with E-state index in [0.717, 1.165) is 0 Å². The van der Waals surface area contributed by atoms with E-state index in [1.807, 2.05) is 27.7 Å². The molecule has 0 heteroatoms. The van der Waals surface area contributed by atoms with Crippen molar-refractivity contribution in [1.29, 1.82) is 0 Å². The van der Waals surface area contributed by atoms with Crippen LogP contribution in [0.1, 0.15) is 66.0 Å². The number of rotatable bonds is 1. The summed E-state index contributed by atoms with van der Waals surface area (Å²) < 4.78 is 0. The first-order valence-electron chi connectivity index (χ1n) is 5.76. The van der Waals surface area contributed by atoms with Gasteiger partial charge in [0.25, 0.3) is 0 Å². The van der Waals surface area contributed by atoms with Gasteiger partial charge in [-0.15, -0.1) is 0 Å². The van der Waals surface area contributed by atoms with Crippen LogP contribution in [0.2, 0.25) is 0 Å². The quantitative estimate of drug-likeness (QED) is 0.549. The van der Waals surface area contributed by atoms with E-state index in [-0.39, 0.29) is 7.43 Å². The molecule has 0 radical (unpaired) electrons. The molecule has 0 N–H and O–H groups in total. The fraction of sp³-hybridized carbons (Fsp3) is 0.600. The summed E-state index contributed by atoms with van der Waals surface area (Å²) in [7, 11) is 0. The second-order valence-electron chi connectivity index (χ2n) is 3.07. The van der Waals surface area contributed by atoms with E-state index in [1.54, 1.807) is 0 Å². The molecular formula is C15H30. The highest BCUT2D eigenvalue weighted by atomic mass is 14.0. The standard InChI is InChI=1S/C10H14.2C2H6.CH4/c1-8(2)10-6-4-5-9(3)7-10;2*1-2;/h4-8H,1-3H3;2*1-2H3;1H4. The lowest BCUT2D eigenvalue weighted by Gasteiger charge is -2.04. The summed E-state index contributed by atoms with van der Waals surface area (Å²) >= 11 is 0. The molecule has 0 aromatic heterocycles. The van der Waals surface area contributed by atoms with Crippen LogP contribution < -0.4 is 0 Å². The smallest absolute Gasteiger partial charge is 0.0219 e. The Hall–Kier alpha value is -0.780. The maximum atomic E-state index is 2.24. The lowest BCUT2D eigenvalue weighted by Crippen LogP contribution is -1.86. The van der Waals surface area contributed by atoms with E-state index in [0.29, 0.717) is 5.92 Å². The van der Waals surface area contributed by atoms with Crippen molar-refractivity contribution in [3.8, 4) is 0 Å². The Morgan fingerprint density at radius 3 is 1.67 bits per heavy atom. The Morgan fingerprint density at radius 2 is 1.40 bits per heavy atom. The van der Waals surface area contributed by atoms with Gasteiger partial charge in [0.1, 0.15) is 0 Å². The van der Waals surface area contributed by atoms with E-state index >= 15 is 0 Å². The molecule has 1 rings (SSSR count). The molecule has 90 valence electrons. The van der Waals surface area contributed by atoms with E-state index < -0.39 is 0 Å². The second kappa shape index (κ2) is 13.2. The normalized spacial score (nSPS) is 7.73. The molecular weight excluding hydrogens is 180 g/mol. The predicted molar refractivity (Wildman–Crippen MR) is 74.7 cm³/mol. The Kier molecular flexibility index (Phi) is 17.4. The first kappa shape index (κ1) is 19.7. The zero-order chi connectivity index (χ0) is 11.6. The Bertz CT molecular complexity index is 211. The van der Waals surface area contributed by atoms with Gasteiger partial charge in [0.2, 0.25) is 0 Å². The van der Waals surface area contributed by atoms with Crippen molar-refractivity contribution >= 4 is 0 Å². The largest absolute Gasteiger partial charge is 0.0776 e. The van der Waals surface area contributed by atoms with E-state index in [2.05, 4.69) is 45.0 Å². The molecule has 0 fully saturated rings. The molecule has 0 saturated carbocycles. The Balaban J connectivity index is -0.000000258. The molecule has 15 heavy (non-hydrogen) atoms. The highest BCUT2D eigenvalue weighted by Crippen LogP contribution is 2.14. The van der Waals surface area contributed by atoms with Gasteiger partial charge in [-0.05, 0) is 18.4 Å². The van der Waals surface area contributed by atoms with Crippen molar-refractivity contribution in [2.75, 3.05) is 0 Å². The molecule has 0 saturated heterocycles. The second-order valence-corrected chi connectivity index (χ2v) is 3.07. The molecule has 0 heterocycles. The molecule has 0 aliphatic heterocycles. The monoisotopic (exact) mass is 210 g/mol. The van der Waals surface area contributed by atoms with Crippen LogP contribution in [0.25, 0.3) is 0 Å². The minimum atomic E-state index is 0. The predicted octanol–water partition coefficient (Wildman–Crippen LogP) is 5.81. The average molecular weight is 210 g/mol. The van der Waals surface area contributed by atoms with Gasteiger partial charge >= 0.3 is 0 Å². The fourth-order valence-corrected chi connectivity index (χ4v) is 1.03. The summed E-state index contributed by atoms with van der Waals surface area (Å²) in [6.45, 7) is 14.6. The van der Waals surface area contributed by atoms with Crippen LogP contribution >= 0.6 is 0 Å². The van der Waals surface area contributed by atoms with Gasteiger partial charge in [0.05, 0.1) is 0 Å². The highest BCUT2D eigenvalue weighted by Gasteiger charge is 1.96. The third-order valence-corrected chi connectivity index (χ3v) is 1.71. The lowest BCUT2D eigenvalue weighted by atomic mass is 10.0. The molecule has 0 spiro atoms. The van der Waals surface area contributed by atoms with Crippen molar-refractivity contribution in [3.05, 3.63) is 35.4 Å². The van der Waals surface area contributed by atoms with E-state index in [1.165, 1.54) is 11.1 Å².